The molecule has 200 valence electrons. The lowest BCUT2D eigenvalue weighted by Crippen LogP contribution is -2.42. The third-order valence-electron chi connectivity index (χ3n) is 6.75. The number of nitrogens with zero attached hydrogens (tertiary/aromatic N) is 5. The predicted molar refractivity (Wildman–Crippen MR) is 148 cm³/mol. The Bertz CT molecular complexity index is 1510. The van der Waals surface area contributed by atoms with Gasteiger partial charge in [0.1, 0.15) is 5.75 Å². The Balaban J connectivity index is 1.42. The van der Waals surface area contributed by atoms with Crippen molar-refractivity contribution < 1.29 is 17.9 Å². The number of aromatic nitrogens is 3. The van der Waals surface area contributed by atoms with E-state index in [-0.39, 0.29) is 10.8 Å². The Kier molecular flexibility index (Phi) is 7.51. The van der Waals surface area contributed by atoms with Gasteiger partial charge in [-0.25, -0.2) is 13.4 Å². The molecule has 3 heterocycles. The smallest absolute Gasteiger partial charge is 0.260 e. The van der Waals surface area contributed by atoms with Crippen molar-refractivity contribution in [1.29, 1.82) is 0 Å². The molecule has 0 aliphatic carbocycles. The van der Waals surface area contributed by atoms with Gasteiger partial charge in [0.15, 0.2) is 5.13 Å². The number of fused-ring (bicyclic) bond motifs is 1. The number of methoxy groups -OCH3 is 1. The minimum Gasteiger partial charge on any atom is -0.497 e. The predicted octanol–water partition coefficient (Wildman–Crippen LogP) is 4.52. The van der Waals surface area contributed by atoms with E-state index in [0.29, 0.717) is 48.7 Å². The maximum atomic E-state index is 13.7. The molecule has 2 aromatic carbocycles. The van der Waals surface area contributed by atoms with Crippen molar-refractivity contribution >= 4 is 42.6 Å². The zero-order valence-corrected chi connectivity index (χ0v) is 23.3. The van der Waals surface area contributed by atoms with Gasteiger partial charge in [-0.05, 0) is 66.8 Å². The van der Waals surface area contributed by atoms with Crippen LogP contribution in [0.4, 0.5) is 5.13 Å². The summed E-state index contributed by atoms with van der Waals surface area (Å²) in [5.74, 6) is 1.08. The third-order valence-corrected chi connectivity index (χ3v) is 9.63. The van der Waals surface area contributed by atoms with E-state index >= 15 is 0 Å². The number of amides is 1. The average Bonchev–Trinajstić information content (AvgIpc) is 3.57. The number of thiazole rings is 1. The van der Waals surface area contributed by atoms with Crippen molar-refractivity contribution in [3.63, 3.8) is 0 Å². The number of ether oxygens (including phenoxy) is 1. The topological polar surface area (TPSA) is 97.6 Å². The molecule has 2 unspecified atom stereocenters. The van der Waals surface area contributed by atoms with E-state index in [9.17, 15) is 13.2 Å². The fourth-order valence-electron chi connectivity index (χ4n) is 4.93. The third kappa shape index (κ3) is 5.45. The van der Waals surface area contributed by atoms with Crippen molar-refractivity contribution in [2.45, 2.75) is 31.7 Å². The Labute approximate surface area is 226 Å². The first-order valence-electron chi connectivity index (χ1n) is 12.6. The average molecular weight is 554 g/mol. The molecule has 5 rings (SSSR count). The molecule has 2 aromatic heterocycles. The number of hydrogen-bond acceptors (Lipinski definition) is 7. The van der Waals surface area contributed by atoms with Crippen LogP contribution in [0.5, 0.6) is 5.75 Å². The minimum absolute atomic E-state index is 0.200. The van der Waals surface area contributed by atoms with Gasteiger partial charge in [-0.1, -0.05) is 25.2 Å². The van der Waals surface area contributed by atoms with Crippen LogP contribution in [0.2, 0.25) is 0 Å². The maximum Gasteiger partial charge on any atom is 0.260 e. The van der Waals surface area contributed by atoms with Gasteiger partial charge in [0, 0.05) is 37.6 Å². The van der Waals surface area contributed by atoms with E-state index in [0.717, 1.165) is 22.4 Å². The Morgan fingerprint density at radius 2 is 1.87 bits per heavy atom. The second-order valence-electron chi connectivity index (χ2n) is 9.85. The van der Waals surface area contributed by atoms with E-state index in [4.69, 9.17) is 9.72 Å². The number of carbonyl (C=O) groups excluding carboxylic acids is 1. The van der Waals surface area contributed by atoms with Crippen LogP contribution in [0, 0.1) is 11.8 Å². The highest BCUT2D eigenvalue weighted by atomic mass is 32.2. The zero-order chi connectivity index (χ0) is 26.9. The van der Waals surface area contributed by atoms with Crippen LogP contribution in [0.15, 0.2) is 65.8 Å². The first-order chi connectivity index (χ1) is 18.2. The second-order valence-corrected chi connectivity index (χ2v) is 12.8. The molecule has 0 bridgehead atoms. The van der Waals surface area contributed by atoms with E-state index in [1.807, 2.05) is 30.5 Å². The summed E-state index contributed by atoms with van der Waals surface area (Å²) in [4.78, 5) is 20.3. The van der Waals surface area contributed by atoms with Gasteiger partial charge in [0.05, 0.1) is 28.8 Å². The largest absolute Gasteiger partial charge is 0.497 e. The van der Waals surface area contributed by atoms with Gasteiger partial charge in [-0.3, -0.25) is 14.4 Å². The maximum absolute atomic E-state index is 13.7. The van der Waals surface area contributed by atoms with Crippen LogP contribution in [-0.4, -0.2) is 60.1 Å². The number of rotatable bonds is 8. The SMILES string of the molecule is COc1ccc2nc(N(CCn3cccn3)C(=O)c3ccc(S(=O)(=O)N4CC(C)CC(C)C4)cc3)sc2c1. The van der Waals surface area contributed by atoms with Crippen LogP contribution >= 0.6 is 11.3 Å². The number of hydrogen-bond donors (Lipinski definition) is 0. The van der Waals surface area contributed by atoms with Crippen LogP contribution in [0.25, 0.3) is 10.2 Å². The van der Waals surface area contributed by atoms with Crippen LogP contribution < -0.4 is 9.64 Å². The van der Waals surface area contributed by atoms with Crippen molar-refractivity contribution in [3.05, 3.63) is 66.5 Å². The zero-order valence-electron chi connectivity index (χ0n) is 21.6. The minimum atomic E-state index is -3.63. The molecule has 0 radical (unpaired) electrons. The molecule has 0 spiro atoms. The molecule has 1 saturated heterocycles. The summed E-state index contributed by atoms with van der Waals surface area (Å²) in [6.07, 6.45) is 4.55. The van der Waals surface area contributed by atoms with Crippen molar-refractivity contribution in [2.24, 2.45) is 11.8 Å². The molecular weight excluding hydrogens is 522 g/mol. The van der Waals surface area contributed by atoms with Gasteiger partial charge in [0.2, 0.25) is 10.0 Å². The molecule has 2 atom stereocenters. The van der Waals surface area contributed by atoms with E-state index in [1.54, 1.807) is 39.3 Å². The lowest BCUT2D eigenvalue weighted by molar-refractivity contribution is 0.0985. The lowest BCUT2D eigenvalue weighted by Gasteiger charge is -2.34. The van der Waals surface area contributed by atoms with Gasteiger partial charge in [-0.15, -0.1) is 0 Å². The van der Waals surface area contributed by atoms with Crippen molar-refractivity contribution in [2.75, 3.05) is 31.6 Å². The van der Waals surface area contributed by atoms with Crippen molar-refractivity contribution in [3.8, 4) is 5.75 Å². The van der Waals surface area contributed by atoms with Gasteiger partial charge in [0.25, 0.3) is 5.91 Å². The summed E-state index contributed by atoms with van der Waals surface area (Å²) in [5.41, 5.74) is 1.16. The number of anilines is 1. The van der Waals surface area contributed by atoms with Gasteiger partial charge >= 0.3 is 0 Å². The Morgan fingerprint density at radius 3 is 2.53 bits per heavy atom. The first-order valence-corrected chi connectivity index (χ1v) is 14.8. The lowest BCUT2D eigenvalue weighted by atomic mass is 9.94. The fraction of sp³-hybridized carbons (Fsp3) is 0.370. The van der Waals surface area contributed by atoms with Gasteiger partial charge in [-0.2, -0.15) is 9.40 Å². The summed E-state index contributed by atoms with van der Waals surface area (Å²) >= 11 is 1.40. The number of benzene rings is 2. The molecule has 4 aromatic rings. The molecule has 11 heteroatoms. The fourth-order valence-corrected chi connectivity index (χ4v) is 7.63. The standard InChI is InChI=1S/C27H31N5O4S2/c1-19-15-20(2)18-31(17-19)38(34,35)23-8-5-21(6-9-23)26(33)32(14-13-30-12-4-11-28-30)27-29-24-10-7-22(36-3)16-25(24)37-27/h4-12,16,19-20H,13-15,17-18H2,1-3H3. The highest BCUT2D eigenvalue weighted by Gasteiger charge is 2.32. The van der Waals surface area contributed by atoms with Gasteiger partial charge < -0.3 is 4.74 Å². The highest BCUT2D eigenvalue weighted by molar-refractivity contribution is 7.89. The summed E-state index contributed by atoms with van der Waals surface area (Å²) in [6.45, 7) is 6.01. The van der Waals surface area contributed by atoms with E-state index < -0.39 is 10.0 Å². The summed E-state index contributed by atoms with van der Waals surface area (Å²) < 4.78 is 36.2. The second kappa shape index (κ2) is 10.8. The number of sulfonamides is 1. The van der Waals surface area contributed by atoms with Crippen molar-refractivity contribution in [1.82, 2.24) is 19.1 Å². The molecule has 0 saturated carbocycles. The monoisotopic (exact) mass is 553 g/mol. The molecule has 1 aliphatic heterocycles. The Morgan fingerprint density at radius 1 is 1.13 bits per heavy atom. The van der Waals surface area contributed by atoms with Crippen LogP contribution in [-0.2, 0) is 16.6 Å². The molecule has 0 N–H and O–H groups in total. The number of carbonyl (C=O) groups is 1. The van der Waals surface area contributed by atoms with Crippen LogP contribution in [0.3, 0.4) is 0 Å². The highest BCUT2D eigenvalue weighted by Crippen LogP contribution is 2.33. The molecule has 9 nitrogen and oxygen atoms in total. The summed E-state index contributed by atoms with van der Waals surface area (Å²) in [7, 11) is -2.02. The molecule has 1 fully saturated rings. The quantitative estimate of drug-likeness (QED) is 0.318. The summed E-state index contributed by atoms with van der Waals surface area (Å²) in [5, 5.41) is 4.80. The molecule has 1 aliphatic rings. The van der Waals surface area contributed by atoms with Crippen LogP contribution in [0.1, 0.15) is 30.6 Å². The van der Waals surface area contributed by atoms with E-state index in [1.165, 1.54) is 23.5 Å². The summed E-state index contributed by atoms with van der Waals surface area (Å²) in [6, 6.07) is 13.7. The molecule has 1 amide bonds. The first kappa shape index (κ1) is 26.3. The molecular formula is C27H31N5O4S2. The molecule has 38 heavy (non-hydrogen) atoms. The number of piperidine rings is 1. The Hall–Kier alpha value is -3.28. The van der Waals surface area contributed by atoms with E-state index in [2.05, 4.69) is 18.9 Å². The normalized spacial score (nSPS) is 18.5.